The van der Waals surface area contributed by atoms with Crippen LogP contribution in [0.1, 0.15) is 37.8 Å². The molecule has 3 fully saturated rings. The van der Waals surface area contributed by atoms with E-state index < -0.39 is 0 Å². The van der Waals surface area contributed by atoms with Gasteiger partial charge in [-0.25, -0.2) is 0 Å². The highest BCUT2D eigenvalue weighted by Gasteiger charge is 2.66. The van der Waals surface area contributed by atoms with Crippen molar-refractivity contribution in [2.45, 2.75) is 32.2 Å². The molecule has 0 amide bonds. The van der Waals surface area contributed by atoms with Crippen molar-refractivity contribution in [2.24, 2.45) is 29.6 Å². The van der Waals surface area contributed by atoms with Gasteiger partial charge in [0.05, 0.1) is 0 Å². The number of hydrogen-bond acceptors (Lipinski definition) is 2. The molecule has 2 bridgehead atoms. The Morgan fingerprint density at radius 1 is 1.19 bits per heavy atom. The average Bonchev–Trinajstić information content (AvgIpc) is 2.91. The van der Waals surface area contributed by atoms with Gasteiger partial charge in [0, 0.05) is 10.7 Å². The maximum absolute atomic E-state index is 3.85. The van der Waals surface area contributed by atoms with Gasteiger partial charge in [-0.3, -0.25) is 0 Å². The van der Waals surface area contributed by atoms with Crippen molar-refractivity contribution in [1.29, 1.82) is 0 Å². The second kappa shape index (κ2) is 4.57. The number of thiophene rings is 1. The molecule has 3 aliphatic rings. The third-order valence-electron chi connectivity index (χ3n) is 6.45. The number of fused-ring (bicyclic) bond motifs is 6. The summed E-state index contributed by atoms with van der Waals surface area (Å²) in [6.07, 6.45) is 4.59. The van der Waals surface area contributed by atoms with Gasteiger partial charge in [0.1, 0.15) is 0 Å². The van der Waals surface area contributed by atoms with E-state index in [1.165, 1.54) is 22.9 Å². The Bertz CT molecular complexity index is 659. The highest BCUT2D eigenvalue weighted by Crippen LogP contribution is 2.72. The maximum atomic E-state index is 3.85. The predicted molar refractivity (Wildman–Crippen MR) is 89.5 cm³/mol. The van der Waals surface area contributed by atoms with Crippen LogP contribution in [0.15, 0.2) is 29.6 Å². The second-order valence-electron chi connectivity index (χ2n) is 7.29. The van der Waals surface area contributed by atoms with Crippen molar-refractivity contribution in [1.82, 2.24) is 5.32 Å². The van der Waals surface area contributed by atoms with Crippen LogP contribution in [-0.2, 0) is 0 Å². The predicted octanol–water partition coefficient (Wildman–Crippen LogP) is 4.84. The summed E-state index contributed by atoms with van der Waals surface area (Å²) in [5.74, 6) is 5.14. The molecule has 1 heterocycles. The molecule has 3 aliphatic carbocycles. The molecule has 110 valence electrons. The van der Waals surface area contributed by atoms with Crippen LogP contribution in [0.2, 0.25) is 0 Å². The fourth-order valence-electron chi connectivity index (χ4n) is 5.77. The zero-order chi connectivity index (χ0) is 14.0. The van der Waals surface area contributed by atoms with E-state index in [0.29, 0.717) is 6.04 Å². The van der Waals surface area contributed by atoms with Crippen molar-refractivity contribution in [3.05, 3.63) is 35.2 Å². The van der Waals surface area contributed by atoms with Gasteiger partial charge in [0.2, 0.25) is 0 Å². The first-order valence-electron chi connectivity index (χ1n) is 8.58. The van der Waals surface area contributed by atoms with Crippen LogP contribution >= 0.6 is 11.3 Å². The molecule has 3 saturated carbocycles. The maximum Gasteiger partial charge on any atom is 0.0390 e. The molecule has 1 aromatic carbocycles. The number of rotatable bonds is 4. The van der Waals surface area contributed by atoms with Gasteiger partial charge in [0.25, 0.3) is 0 Å². The molecule has 0 saturated heterocycles. The lowest BCUT2D eigenvalue weighted by Crippen LogP contribution is -2.25. The minimum atomic E-state index is 0.593. The highest BCUT2D eigenvalue weighted by atomic mass is 32.1. The van der Waals surface area contributed by atoms with Crippen LogP contribution in [0.4, 0.5) is 0 Å². The monoisotopic (exact) mass is 297 g/mol. The summed E-state index contributed by atoms with van der Waals surface area (Å²) < 4.78 is 1.51. The summed E-state index contributed by atoms with van der Waals surface area (Å²) in [6.45, 7) is 3.34. The first kappa shape index (κ1) is 12.7. The van der Waals surface area contributed by atoms with Crippen molar-refractivity contribution < 1.29 is 0 Å². The summed E-state index contributed by atoms with van der Waals surface area (Å²) in [6, 6.07) is 9.75. The van der Waals surface area contributed by atoms with Gasteiger partial charge in [0.15, 0.2) is 0 Å². The minimum absolute atomic E-state index is 0.593. The van der Waals surface area contributed by atoms with Crippen LogP contribution in [-0.4, -0.2) is 6.54 Å². The van der Waals surface area contributed by atoms with Gasteiger partial charge in [-0.2, -0.15) is 0 Å². The topological polar surface area (TPSA) is 12.0 Å². The normalized spacial score (nSPS) is 37.9. The zero-order valence-electron chi connectivity index (χ0n) is 12.6. The van der Waals surface area contributed by atoms with E-state index in [0.717, 1.165) is 36.1 Å². The quantitative estimate of drug-likeness (QED) is 0.851. The second-order valence-corrected chi connectivity index (χ2v) is 8.20. The van der Waals surface area contributed by atoms with Crippen LogP contribution in [0.3, 0.4) is 0 Å². The molecule has 1 nitrogen and oxygen atoms in total. The van der Waals surface area contributed by atoms with E-state index in [-0.39, 0.29) is 0 Å². The van der Waals surface area contributed by atoms with E-state index in [1.54, 1.807) is 12.0 Å². The molecule has 5 atom stereocenters. The first-order chi connectivity index (χ1) is 10.4. The van der Waals surface area contributed by atoms with Gasteiger partial charge in [-0.05, 0) is 77.8 Å². The van der Waals surface area contributed by atoms with Crippen LogP contribution < -0.4 is 5.32 Å². The SMILES string of the molecule is CCNC(c1cccc2ccsc12)C1C2C3CCC(C3)C21. The van der Waals surface area contributed by atoms with E-state index in [1.807, 2.05) is 11.3 Å². The Hall–Kier alpha value is -0.860. The summed E-state index contributed by atoms with van der Waals surface area (Å²) in [5.41, 5.74) is 1.57. The standard InChI is InChI=1S/C19H23NS/c1-2-20-18(14-5-3-4-11-8-9-21-19(11)14)17-15-12-6-7-13(10-12)16(15)17/h3-5,8-9,12-13,15-18,20H,2,6-7,10H2,1H3. The molecule has 2 heteroatoms. The first-order valence-corrected chi connectivity index (χ1v) is 9.46. The van der Waals surface area contributed by atoms with E-state index >= 15 is 0 Å². The molecular formula is C19H23NS. The Morgan fingerprint density at radius 2 is 2.00 bits per heavy atom. The lowest BCUT2D eigenvalue weighted by atomic mass is 9.92. The van der Waals surface area contributed by atoms with Crippen molar-refractivity contribution >= 4 is 21.4 Å². The summed E-state index contributed by atoms with van der Waals surface area (Å²) >= 11 is 1.92. The summed E-state index contributed by atoms with van der Waals surface area (Å²) in [4.78, 5) is 0. The van der Waals surface area contributed by atoms with Crippen molar-refractivity contribution in [3.8, 4) is 0 Å². The smallest absolute Gasteiger partial charge is 0.0390 e. The fourth-order valence-corrected chi connectivity index (χ4v) is 6.73. The average molecular weight is 297 g/mol. The van der Waals surface area contributed by atoms with Crippen molar-refractivity contribution in [2.75, 3.05) is 6.54 Å². The lowest BCUT2D eigenvalue weighted by Gasteiger charge is -2.22. The Morgan fingerprint density at radius 3 is 2.76 bits per heavy atom. The molecule has 2 aromatic rings. The van der Waals surface area contributed by atoms with E-state index in [2.05, 4.69) is 41.9 Å². The number of nitrogens with one attached hydrogen (secondary N) is 1. The lowest BCUT2D eigenvalue weighted by molar-refractivity contribution is 0.376. The molecule has 0 radical (unpaired) electrons. The van der Waals surface area contributed by atoms with E-state index in [9.17, 15) is 0 Å². The largest absolute Gasteiger partial charge is 0.310 e. The fraction of sp³-hybridized carbons (Fsp3) is 0.579. The minimum Gasteiger partial charge on any atom is -0.310 e. The Kier molecular flexibility index (Phi) is 2.75. The summed E-state index contributed by atoms with van der Waals surface area (Å²) in [5, 5.41) is 7.52. The molecular weight excluding hydrogens is 274 g/mol. The third kappa shape index (κ3) is 1.72. The Labute approximate surface area is 130 Å². The number of hydrogen-bond donors (Lipinski definition) is 1. The van der Waals surface area contributed by atoms with Crippen LogP contribution in [0.25, 0.3) is 10.1 Å². The van der Waals surface area contributed by atoms with Crippen LogP contribution in [0.5, 0.6) is 0 Å². The molecule has 5 unspecified atom stereocenters. The molecule has 21 heavy (non-hydrogen) atoms. The molecule has 5 rings (SSSR count). The highest BCUT2D eigenvalue weighted by molar-refractivity contribution is 7.17. The van der Waals surface area contributed by atoms with Gasteiger partial charge in [-0.1, -0.05) is 25.1 Å². The molecule has 0 spiro atoms. The van der Waals surface area contributed by atoms with Gasteiger partial charge < -0.3 is 5.32 Å². The van der Waals surface area contributed by atoms with Gasteiger partial charge in [-0.15, -0.1) is 11.3 Å². The van der Waals surface area contributed by atoms with Crippen LogP contribution in [0, 0.1) is 29.6 Å². The number of benzene rings is 1. The van der Waals surface area contributed by atoms with E-state index in [4.69, 9.17) is 0 Å². The molecule has 1 N–H and O–H groups in total. The zero-order valence-corrected chi connectivity index (χ0v) is 13.4. The molecule has 0 aliphatic heterocycles. The van der Waals surface area contributed by atoms with Crippen molar-refractivity contribution in [3.63, 3.8) is 0 Å². The molecule has 1 aromatic heterocycles. The third-order valence-corrected chi connectivity index (χ3v) is 7.43. The summed E-state index contributed by atoms with van der Waals surface area (Å²) in [7, 11) is 0. The Balaban J connectivity index is 1.54. The van der Waals surface area contributed by atoms with Gasteiger partial charge >= 0.3 is 0 Å².